The maximum atomic E-state index is 11.2. The standard InChI is InChI=1S/C13H19N5OS/c1-10(8-20(3)19)15-11(2)12-5-4-6-13(7-12)18-9-14-16-17-18/h4-7,9-11,15H,8H2,1-3H3. The van der Waals surface area contributed by atoms with Gasteiger partial charge in [0.2, 0.25) is 0 Å². The van der Waals surface area contributed by atoms with E-state index in [4.69, 9.17) is 0 Å². The van der Waals surface area contributed by atoms with Crippen molar-refractivity contribution in [1.82, 2.24) is 25.5 Å². The molecule has 1 heterocycles. The fourth-order valence-electron chi connectivity index (χ4n) is 2.14. The third-order valence-corrected chi connectivity index (χ3v) is 3.97. The van der Waals surface area contributed by atoms with Crippen LogP contribution in [0.1, 0.15) is 25.5 Å². The average molecular weight is 293 g/mol. The van der Waals surface area contributed by atoms with E-state index in [9.17, 15) is 4.21 Å². The number of nitrogens with one attached hydrogen (secondary N) is 1. The monoisotopic (exact) mass is 293 g/mol. The molecule has 3 atom stereocenters. The normalized spacial score (nSPS) is 15.8. The Labute approximate surface area is 121 Å². The number of hydrogen-bond donors (Lipinski definition) is 1. The van der Waals surface area contributed by atoms with Crippen molar-refractivity contribution in [3.63, 3.8) is 0 Å². The SMILES string of the molecule is CC(CS(C)=O)NC(C)c1cccc(-n2cnnn2)c1. The van der Waals surface area contributed by atoms with Crippen LogP contribution < -0.4 is 5.32 Å². The van der Waals surface area contributed by atoms with Crippen LogP contribution in [-0.4, -0.2) is 42.5 Å². The van der Waals surface area contributed by atoms with Gasteiger partial charge in [0, 0.05) is 34.9 Å². The van der Waals surface area contributed by atoms with Crippen molar-refractivity contribution in [2.45, 2.75) is 25.9 Å². The highest BCUT2D eigenvalue weighted by Gasteiger charge is 2.11. The van der Waals surface area contributed by atoms with Gasteiger partial charge < -0.3 is 5.32 Å². The zero-order valence-electron chi connectivity index (χ0n) is 11.9. The molecule has 6 nitrogen and oxygen atoms in total. The Morgan fingerprint density at radius 3 is 2.85 bits per heavy atom. The van der Waals surface area contributed by atoms with Gasteiger partial charge in [-0.15, -0.1) is 5.10 Å². The van der Waals surface area contributed by atoms with Crippen molar-refractivity contribution in [3.8, 4) is 5.69 Å². The molecule has 1 aromatic carbocycles. The van der Waals surface area contributed by atoms with Crippen LogP contribution in [0.25, 0.3) is 5.69 Å². The average Bonchev–Trinajstić information content (AvgIpc) is 2.91. The Bertz CT molecular complexity index is 572. The third-order valence-electron chi connectivity index (χ3n) is 3.00. The van der Waals surface area contributed by atoms with Gasteiger partial charge in [0.15, 0.2) is 0 Å². The van der Waals surface area contributed by atoms with Gasteiger partial charge in [-0.05, 0) is 42.0 Å². The summed E-state index contributed by atoms with van der Waals surface area (Å²) in [5, 5.41) is 14.6. The second-order valence-corrected chi connectivity index (χ2v) is 6.36. The van der Waals surface area contributed by atoms with Crippen LogP contribution in [0.2, 0.25) is 0 Å². The zero-order chi connectivity index (χ0) is 14.5. The highest BCUT2D eigenvalue weighted by molar-refractivity contribution is 7.84. The molecule has 0 aliphatic carbocycles. The number of tetrazole rings is 1. The second-order valence-electron chi connectivity index (χ2n) is 4.88. The smallest absolute Gasteiger partial charge is 0.143 e. The van der Waals surface area contributed by atoms with Crippen LogP contribution in [-0.2, 0) is 10.8 Å². The molecule has 2 rings (SSSR count). The summed E-state index contributed by atoms with van der Waals surface area (Å²) in [5.41, 5.74) is 2.07. The fourth-order valence-corrected chi connectivity index (χ4v) is 2.94. The number of benzene rings is 1. The van der Waals surface area contributed by atoms with Gasteiger partial charge in [0.05, 0.1) is 5.69 Å². The van der Waals surface area contributed by atoms with Crippen molar-refractivity contribution in [1.29, 1.82) is 0 Å². The summed E-state index contributed by atoms with van der Waals surface area (Å²) in [6, 6.07) is 8.41. The minimum absolute atomic E-state index is 0.171. The first-order valence-corrected chi connectivity index (χ1v) is 8.18. The molecule has 3 unspecified atom stereocenters. The van der Waals surface area contributed by atoms with Crippen molar-refractivity contribution in [3.05, 3.63) is 36.2 Å². The van der Waals surface area contributed by atoms with Gasteiger partial charge in [-0.3, -0.25) is 4.21 Å². The van der Waals surface area contributed by atoms with E-state index in [1.54, 1.807) is 17.3 Å². The molecule has 1 N–H and O–H groups in total. The van der Waals surface area contributed by atoms with Crippen LogP contribution in [0.5, 0.6) is 0 Å². The molecule has 0 aliphatic rings. The zero-order valence-corrected chi connectivity index (χ0v) is 12.7. The van der Waals surface area contributed by atoms with Crippen LogP contribution in [0, 0.1) is 0 Å². The molecule has 1 aromatic heterocycles. The quantitative estimate of drug-likeness (QED) is 0.863. The first-order chi connectivity index (χ1) is 9.56. The lowest BCUT2D eigenvalue weighted by Gasteiger charge is -2.20. The summed E-state index contributed by atoms with van der Waals surface area (Å²) >= 11 is 0. The van der Waals surface area contributed by atoms with E-state index in [0.29, 0.717) is 5.75 Å². The van der Waals surface area contributed by atoms with E-state index in [2.05, 4.69) is 33.8 Å². The van der Waals surface area contributed by atoms with Crippen LogP contribution in [0.3, 0.4) is 0 Å². The molecule has 0 saturated heterocycles. The van der Waals surface area contributed by atoms with Gasteiger partial charge in [-0.1, -0.05) is 12.1 Å². The summed E-state index contributed by atoms with van der Waals surface area (Å²) < 4.78 is 12.9. The van der Waals surface area contributed by atoms with Crippen LogP contribution >= 0.6 is 0 Å². The molecule has 7 heteroatoms. The minimum atomic E-state index is -0.790. The van der Waals surface area contributed by atoms with Gasteiger partial charge in [0.25, 0.3) is 0 Å². The van der Waals surface area contributed by atoms with Crippen molar-refractivity contribution in [2.24, 2.45) is 0 Å². The van der Waals surface area contributed by atoms with Crippen molar-refractivity contribution in [2.75, 3.05) is 12.0 Å². The van der Waals surface area contributed by atoms with Crippen molar-refractivity contribution >= 4 is 10.8 Å². The molecule has 0 radical (unpaired) electrons. The lowest BCUT2D eigenvalue weighted by molar-refractivity contribution is 0.508. The van der Waals surface area contributed by atoms with E-state index in [1.165, 1.54) is 0 Å². The Hall–Kier alpha value is -1.60. The van der Waals surface area contributed by atoms with Crippen LogP contribution in [0.15, 0.2) is 30.6 Å². The molecule has 20 heavy (non-hydrogen) atoms. The summed E-state index contributed by atoms with van der Waals surface area (Å²) in [4.78, 5) is 0. The van der Waals surface area contributed by atoms with Crippen LogP contribution in [0.4, 0.5) is 0 Å². The third kappa shape index (κ3) is 3.94. The highest BCUT2D eigenvalue weighted by Crippen LogP contribution is 2.16. The molecule has 0 fully saturated rings. The summed E-state index contributed by atoms with van der Waals surface area (Å²) in [6.45, 7) is 4.14. The summed E-state index contributed by atoms with van der Waals surface area (Å²) in [5.74, 6) is 0.650. The van der Waals surface area contributed by atoms with Gasteiger partial charge in [-0.2, -0.15) is 0 Å². The predicted molar refractivity (Wildman–Crippen MR) is 79.1 cm³/mol. The molecule has 2 aromatic rings. The van der Waals surface area contributed by atoms with Gasteiger partial charge in [-0.25, -0.2) is 4.68 Å². The van der Waals surface area contributed by atoms with E-state index in [1.807, 2.05) is 25.1 Å². The fraction of sp³-hybridized carbons (Fsp3) is 0.462. The largest absolute Gasteiger partial charge is 0.307 e. The number of aromatic nitrogens is 4. The topological polar surface area (TPSA) is 72.7 Å². The van der Waals surface area contributed by atoms with E-state index < -0.39 is 10.8 Å². The Morgan fingerprint density at radius 2 is 2.20 bits per heavy atom. The molecule has 0 amide bonds. The Kier molecular flexibility index (Phi) is 4.97. The molecular formula is C13H19N5OS. The lowest BCUT2D eigenvalue weighted by Crippen LogP contribution is -2.33. The number of rotatable bonds is 6. The maximum Gasteiger partial charge on any atom is 0.143 e. The Morgan fingerprint density at radius 1 is 1.40 bits per heavy atom. The first-order valence-electron chi connectivity index (χ1n) is 6.45. The molecule has 108 valence electrons. The number of hydrogen-bond acceptors (Lipinski definition) is 5. The van der Waals surface area contributed by atoms with Gasteiger partial charge >= 0.3 is 0 Å². The molecular weight excluding hydrogens is 274 g/mol. The molecule has 0 saturated carbocycles. The molecule has 0 spiro atoms. The predicted octanol–water partition coefficient (Wildman–Crippen LogP) is 1.08. The van der Waals surface area contributed by atoms with Crippen molar-refractivity contribution < 1.29 is 4.21 Å². The summed E-state index contributed by atoms with van der Waals surface area (Å²) in [6.07, 6.45) is 3.29. The minimum Gasteiger partial charge on any atom is -0.307 e. The lowest BCUT2D eigenvalue weighted by atomic mass is 10.1. The van der Waals surface area contributed by atoms with E-state index in [-0.39, 0.29) is 12.1 Å². The maximum absolute atomic E-state index is 11.2. The van der Waals surface area contributed by atoms with E-state index in [0.717, 1.165) is 11.3 Å². The summed E-state index contributed by atoms with van der Waals surface area (Å²) in [7, 11) is -0.790. The van der Waals surface area contributed by atoms with Gasteiger partial charge in [0.1, 0.15) is 6.33 Å². The molecule has 0 bridgehead atoms. The first kappa shape index (κ1) is 14.8. The molecule has 0 aliphatic heterocycles. The Balaban J connectivity index is 2.08. The second kappa shape index (κ2) is 6.71. The number of nitrogens with zero attached hydrogens (tertiary/aromatic N) is 4. The van der Waals surface area contributed by atoms with E-state index >= 15 is 0 Å². The highest BCUT2D eigenvalue weighted by atomic mass is 32.2.